The molecule has 0 radical (unpaired) electrons. The number of nitro benzene ring substituents is 3. The van der Waals surface area contributed by atoms with Crippen LogP contribution in [0.1, 0.15) is 5.56 Å². The highest BCUT2D eigenvalue weighted by Gasteiger charge is 2.19. The highest BCUT2D eigenvalue weighted by molar-refractivity contribution is 9.09. The molecular weight excluding hydrogens is 1950 g/mol. The summed E-state index contributed by atoms with van der Waals surface area (Å²) in [6.45, 7) is 32.8. The van der Waals surface area contributed by atoms with Crippen molar-refractivity contribution in [3.63, 3.8) is 0 Å². The molecule has 2 aromatic carbocycles. The van der Waals surface area contributed by atoms with Crippen LogP contribution in [-0.2, 0) is 147 Å². The number of anilines is 1. The van der Waals surface area contributed by atoms with Crippen LogP contribution in [0.3, 0.4) is 0 Å². The maximum atomic E-state index is 11.1. The second-order valence-corrected chi connectivity index (χ2v) is 27.0. The third-order valence-electron chi connectivity index (χ3n) is 15.2. The maximum Gasteiger partial charge on any atom is 0.299 e. The van der Waals surface area contributed by atoms with Crippen LogP contribution >= 0.6 is 27.5 Å². The minimum Gasteiger partial charge on any atom is -0.394 e. The Balaban J connectivity index is -0.000000845. The summed E-state index contributed by atoms with van der Waals surface area (Å²) in [5.41, 5.74) is 21.7. The summed E-state index contributed by atoms with van der Waals surface area (Å²) in [4.78, 5) is 35.6. The van der Waals surface area contributed by atoms with Crippen molar-refractivity contribution in [1.29, 1.82) is 0 Å². The Hall–Kier alpha value is -7.25. The quantitative estimate of drug-likeness (QED) is 0.00938. The molecule has 0 aliphatic heterocycles. The monoisotopic (exact) mass is 2100 g/mol. The van der Waals surface area contributed by atoms with Gasteiger partial charge in [0, 0.05) is 48.1 Å². The second kappa shape index (κ2) is 126. The number of hydrogen-bond acceptors (Lipinski definition) is 42. The van der Waals surface area contributed by atoms with Crippen LogP contribution in [0.4, 0.5) is 22.7 Å². The van der Waals surface area contributed by atoms with Crippen molar-refractivity contribution < 1.29 is 167 Å². The van der Waals surface area contributed by atoms with Gasteiger partial charge in [-0.05, 0) is 35.7 Å². The number of aliphatic hydroxyl groups excluding tert-OH is 1. The number of aliphatic hydroxyl groups is 1. The van der Waals surface area contributed by atoms with Crippen molar-refractivity contribution >= 4 is 50.3 Å². The molecule has 0 bridgehead atoms. The number of ether oxygens (including phenoxy) is 31. The van der Waals surface area contributed by atoms with E-state index in [1.54, 1.807) is 13.0 Å². The van der Waals surface area contributed by atoms with Gasteiger partial charge in [0.2, 0.25) is 0 Å². The summed E-state index contributed by atoms with van der Waals surface area (Å²) in [7, 11) is 0. The largest absolute Gasteiger partial charge is 0.394 e. The molecule has 51 heteroatoms. The van der Waals surface area contributed by atoms with E-state index in [-0.39, 0.29) is 41.0 Å². The summed E-state index contributed by atoms with van der Waals surface area (Å²) in [6, 6.07) is 8.12. The number of hydrogen-bond donors (Lipinski definition) is 3. The van der Waals surface area contributed by atoms with Gasteiger partial charge in [-0.3, -0.25) is 30.3 Å². The molecule has 806 valence electrons. The molecule has 49 nitrogen and oxygen atoms in total. The molecule has 0 atom stereocenters. The van der Waals surface area contributed by atoms with Crippen LogP contribution in [0, 0.1) is 86.6 Å². The smallest absolute Gasteiger partial charge is 0.299 e. The van der Waals surface area contributed by atoms with Crippen molar-refractivity contribution in [1.82, 2.24) is 0 Å². The van der Waals surface area contributed by atoms with Gasteiger partial charge >= 0.3 is 0 Å². The van der Waals surface area contributed by atoms with E-state index in [2.05, 4.69) is 65.0 Å². The summed E-state index contributed by atoms with van der Waals surface area (Å²) in [6.07, 6.45) is 19.9. The average molecular weight is 2100 g/mol. The van der Waals surface area contributed by atoms with E-state index >= 15 is 0 Å². The van der Waals surface area contributed by atoms with Crippen LogP contribution in [0.2, 0.25) is 5.02 Å². The second-order valence-electron chi connectivity index (χ2n) is 26.0. The number of nitrogens with one attached hydrogen (secondary N) is 1. The lowest BCUT2D eigenvalue weighted by atomic mass is 10.2. The summed E-state index contributed by atoms with van der Waals surface area (Å²) in [5, 5.41) is 51.1. The standard InChI is InChI=1S/C25H39N3O12.C19H35N3O8.C19H37NO8.C16H33N3O8.C7H6ClNO2.C3H3Br/c1-2-6-33-8-10-35-12-14-37-16-18-39-20-21-40-19-17-38-15-13-36-11-9-34-7-5-26-24-4-3-23(27(29)30)22-25(24)28(31)32;1-2-4-23-6-8-25-10-12-27-14-16-29-18-19-30-17-15-28-13-11-26-9-7-24-5-3-21-22-20;1-2-4-21-6-8-23-10-12-25-14-16-27-18-19-28-17-15-26-13-11-24-9-7-22-5-3-20;17-19-18-1-3-21-5-7-23-9-11-25-13-15-27-16-14-26-12-10-24-8-6-22-4-2-20;1-5-2-3-6(8)7(4-5)9(10)11;1-2-3-4/h1,3-4,22,26H,5-21H2;1H,3-19H2;1H,3-20H2;20H,1-16H2;2-4H,1H3;1H,3H2. The molecule has 2 aromatic rings. The van der Waals surface area contributed by atoms with Gasteiger partial charge in [-0.25, -0.2) is 0 Å². The van der Waals surface area contributed by atoms with Crippen LogP contribution in [0.5, 0.6) is 0 Å². The lowest BCUT2D eigenvalue weighted by molar-refractivity contribution is -0.393. The molecule has 0 aliphatic rings. The first-order chi connectivity index (χ1) is 68.8. The number of nitrogens with zero attached hydrogens (tertiary/aromatic N) is 9. The first-order valence-electron chi connectivity index (χ1n) is 45.4. The van der Waals surface area contributed by atoms with E-state index in [1.165, 1.54) is 24.3 Å². The number of alkyl halides is 1. The SMILES string of the molecule is C#CCBr.C#CCOCCOCCOCCOCCOCCOCCOCCOCCN.C#CCOCCOCCOCCOCCOCCOCCOCCOCCN=[N+]=[N-].C#CCOCCOCCOCCOCCOCCOCCOCCOCCNc1ccc([N+](=O)[O-])cc1[N+](=O)[O-].Cc1ccc(Cl)c([N+](=O)[O-])c1.[N-]=[N+]=NCCOCCOCCOCCOCCOCCOCCOCCO. The van der Waals surface area contributed by atoms with E-state index in [0.29, 0.717) is 435 Å². The Morgan fingerprint density at radius 3 is 0.757 bits per heavy atom. The van der Waals surface area contributed by atoms with E-state index in [0.717, 1.165) is 11.6 Å². The lowest BCUT2D eigenvalue weighted by Crippen LogP contribution is -2.15. The van der Waals surface area contributed by atoms with Gasteiger partial charge in [0.15, 0.2) is 0 Å². The Kier molecular flexibility index (Phi) is 125. The summed E-state index contributed by atoms with van der Waals surface area (Å²) < 4.78 is 165. The number of nitrogens with two attached hydrogens (primary N) is 1. The zero-order valence-electron chi connectivity index (χ0n) is 81.3. The first-order valence-corrected chi connectivity index (χ1v) is 46.9. The number of aryl methyl sites for hydroxylation is 1. The normalized spacial score (nSPS) is 10.6. The minimum atomic E-state index is -0.682. The molecule has 0 heterocycles. The molecule has 0 aliphatic carbocycles. The molecule has 0 saturated carbocycles. The van der Waals surface area contributed by atoms with Crippen LogP contribution < -0.4 is 11.1 Å². The molecule has 0 saturated heterocycles. The number of non-ortho nitro benzene ring substituents is 1. The van der Waals surface area contributed by atoms with Gasteiger partial charge in [-0.15, -0.1) is 25.7 Å². The molecule has 140 heavy (non-hydrogen) atoms. The third kappa shape index (κ3) is 119. The topological polar surface area (TPSA) is 571 Å². The van der Waals surface area contributed by atoms with Gasteiger partial charge in [0.05, 0.1) is 423 Å². The molecule has 0 fully saturated rings. The van der Waals surface area contributed by atoms with Gasteiger partial charge in [-0.2, -0.15) is 0 Å². The van der Waals surface area contributed by atoms with Gasteiger partial charge in [0.25, 0.3) is 17.1 Å². The van der Waals surface area contributed by atoms with E-state index < -0.39 is 14.8 Å². The number of azide groups is 2. The molecular formula is C89H153BrClN11O38. The molecule has 0 amide bonds. The van der Waals surface area contributed by atoms with Crippen molar-refractivity contribution in [2.45, 2.75) is 6.92 Å². The van der Waals surface area contributed by atoms with E-state index in [9.17, 15) is 30.3 Å². The summed E-state index contributed by atoms with van der Waals surface area (Å²) in [5.74, 6) is 9.51. The third-order valence-corrected chi connectivity index (χ3v) is 15.9. The Morgan fingerprint density at radius 1 is 0.336 bits per heavy atom. The average Bonchev–Trinajstić information content (AvgIpc) is 0.841. The van der Waals surface area contributed by atoms with E-state index in [4.69, 9.17) is 206 Å². The Labute approximate surface area is 836 Å². The minimum absolute atomic E-state index is 0.0274. The molecule has 0 unspecified atom stereocenters. The highest BCUT2D eigenvalue weighted by Crippen LogP contribution is 2.29. The van der Waals surface area contributed by atoms with Crippen molar-refractivity contribution in [2.24, 2.45) is 16.0 Å². The number of nitro groups is 3. The molecule has 2 rings (SSSR count). The maximum absolute atomic E-state index is 11.1. The Bertz CT molecular complexity index is 3270. The first kappa shape index (κ1) is 139. The van der Waals surface area contributed by atoms with Gasteiger partial charge in [-0.1, -0.05) is 67.5 Å². The Morgan fingerprint density at radius 2 is 0.557 bits per heavy atom. The zero-order chi connectivity index (χ0) is 103. The number of rotatable bonds is 101. The lowest BCUT2D eigenvalue weighted by Gasteiger charge is -2.09. The van der Waals surface area contributed by atoms with Gasteiger partial charge in [0.1, 0.15) is 30.5 Å². The predicted molar refractivity (Wildman–Crippen MR) is 520 cm³/mol. The van der Waals surface area contributed by atoms with Crippen LogP contribution in [0.15, 0.2) is 46.6 Å². The fourth-order valence-corrected chi connectivity index (χ4v) is 9.02. The van der Waals surface area contributed by atoms with E-state index in [1.807, 2.05) is 0 Å². The summed E-state index contributed by atoms with van der Waals surface area (Å²) >= 11 is 8.56. The molecule has 4 N–H and O–H groups in total. The molecule has 0 aromatic heterocycles. The fraction of sp³-hybridized carbons (Fsp3) is 0.775. The highest BCUT2D eigenvalue weighted by atomic mass is 79.9. The van der Waals surface area contributed by atoms with Gasteiger partial charge < -0.3 is 163 Å². The van der Waals surface area contributed by atoms with Crippen molar-refractivity contribution in [3.8, 4) is 49.4 Å². The predicted octanol–water partition coefficient (Wildman–Crippen LogP) is 6.43. The van der Waals surface area contributed by atoms with Crippen molar-refractivity contribution in [3.05, 3.63) is 98.2 Å². The molecule has 0 spiro atoms. The number of halogens is 2. The number of benzene rings is 2. The fourth-order valence-electron chi connectivity index (χ4n) is 8.84. The number of terminal acetylenes is 4. The van der Waals surface area contributed by atoms with Crippen LogP contribution in [-0.4, -0.2) is 468 Å². The van der Waals surface area contributed by atoms with Crippen molar-refractivity contribution in [2.75, 3.05) is 453 Å². The zero-order valence-corrected chi connectivity index (χ0v) is 83.6. The van der Waals surface area contributed by atoms with Crippen LogP contribution in [0.25, 0.3) is 20.9 Å².